The molecule has 0 bridgehead atoms. The average Bonchev–Trinajstić information content (AvgIpc) is 3.53. The molecule has 1 aliphatic heterocycles. The first kappa shape index (κ1) is 19.4. The minimum Gasteiger partial charge on any atom is -0.368 e. The quantitative estimate of drug-likeness (QED) is 0.407. The van der Waals surface area contributed by atoms with Crippen molar-refractivity contribution in [2.24, 2.45) is 0 Å². The third-order valence-corrected chi connectivity index (χ3v) is 6.14. The number of hydrogen-bond acceptors (Lipinski definition) is 1. The highest BCUT2D eigenvalue weighted by atomic mass is 19.2. The highest BCUT2D eigenvalue weighted by Gasteiger charge is 2.33. The summed E-state index contributed by atoms with van der Waals surface area (Å²) in [5.41, 5.74) is 1.48. The average molecular weight is 392 g/mol. The van der Waals surface area contributed by atoms with Crippen LogP contribution in [-0.4, -0.2) is 6.61 Å². The Morgan fingerprint density at radius 3 is 1.75 bits per heavy atom. The number of benzene rings is 2. The zero-order valence-corrected chi connectivity index (χ0v) is 15.9. The lowest BCUT2D eigenvalue weighted by atomic mass is 9.75. The molecule has 0 N–H and O–H groups in total. The van der Waals surface area contributed by atoms with Gasteiger partial charge in [0.2, 0.25) is 0 Å². The van der Waals surface area contributed by atoms with E-state index in [-0.39, 0.29) is 23.5 Å². The summed E-state index contributed by atoms with van der Waals surface area (Å²) < 4.78 is 62.7. The second-order valence-corrected chi connectivity index (χ2v) is 7.93. The second kappa shape index (κ2) is 7.86. The predicted molar refractivity (Wildman–Crippen MR) is 99.4 cm³/mol. The first-order chi connectivity index (χ1) is 13.5. The molecule has 1 saturated carbocycles. The van der Waals surface area contributed by atoms with Crippen LogP contribution in [0.3, 0.4) is 0 Å². The number of hydrogen-bond donors (Lipinski definition) is 0. The Morgan fingerprint density at radius 2 is 1.21 bits per heavy atom. The highest BCUT2D eigenvalue weighted by Crippen LogP contribution is 2.43. The Hall–Kier alpha value is -1.88. The van der Waals surface area contributed by atoms with Gasteiger partial charge < -0.3 is 4.74 Å². The largest absolute Gasteiger partial charge is 0.368 e. The summed E-state index contributed by atoms with van der Waals surface area (Å²) in [4.78, 5) is 0. The molecule has 2 aromatic rings. The molecule has 150 valence electrons. The number of rotatable bonds is 5. The van der Waals surface area contributed by atoms with Gasteiger partial charge in [0.15, 0.2) is 23.3 Å². The Bertz CT molecular complexity index is 867. The van der Waals surface area contributed by atoms with Crippen LogP contribution in [-0.2, 0) is 11.2 Å². The molecular formula is C23H24F4O. The van der Waals surface area contributed by atoms with E-state index in [2.05, 4.69) is 0 Å². The Labute approximate surface area is 162 Å². The van der Waals surface area contributed by atoms with Gasteiger partial charge >= 0.3 is 0 Å². The molecule has 28 heavy (non-hydrogen) atoms. The first-order valence-corrected chi connectivity index (χ1v) is 10.1. The monoisotopic (exact) mass is 392 g/mol. The van der Waals surface area contributed by atoms with Crippen molar-refractivity contribution in [1.29, 1.82) is 0 Å². The van der Waals surface area contributed by atoms with Crippen molar-refractivity contribution in [2.75, 3.05) is 6.61 Å². The second-order valence-electron chi connectivity index (χ2n) is 7.93. The van der Waals surface area contributed by atoms with Gasteiger partial charge in [-0.05, 0) is 60.6 Å². The van der Waals surface area contributed by atoms with Crippen LogP contribution in [0, 0.1) is 23.3 Å². The Morgan fingerprint density at radius 1 is 0.750 bits per heavy atom. The molecule has 1 aliphatic carbocycles. The minimum absolute atomic E-state index is 0.0894. The van der Waals surface area contributed by atoms with Gasteiger partial charge in [0.1, 0.15) is 6.10 Å². The van der Waals surface area contributed by atoms with Crippen LogP contribution < -0.4 is 0 Å². The van der Waals surface area contributed by atoms with E-state index >= 15 is 0 Å². The third-order valence-electron chi connectivity index (χ3n) is 6.14. The molecule has 1 saturated heterocycles. The summed E-state index contributed by atoms with van der Waals surface area (Å²) in [6.45, 7) is 2.36. The van der Waals surface area contributed by atoms with E-state index in [1.54, 1.807) is 24.3 Å². The van der Waals surface area contributed by atoms with Gasteiger partial charge in [0, 0.05) is 5.56 Å². The lowest BCUT2D eigenvalue weighted by Crippen LogP contribution is -2.16. The van der Waals surface area contributed by atoms with Crippen LogP contribution in [0.4, 0.5) is 17.6 Å². The van der Waals surface area contributed by atoms with Crippen molar-refractivity contribution in [1.82, 2.24) is 0 Å². The van der Waals surface area contributed by atoms with Gasteiger partial charge in [-0.15, -0.1) is 0 Å². The standard InChI is InChI=1S/C23H24F4O/c1-2-3-15-8-9-16(21(25)20(15)24)13-4-6-14(7-5-13)17-10-11-18(19-12-28-19)23(27)22(17)26/h8-11,13-14,19H,2-7,12H2,1H3. The molecule has 0 aromatic heterocycles. The molecule has 4 rings (SSSR count). The molecule has 2 fully saturated rings. The fourth-order valence-corrected chi connectivity index (χ4v) is 4.47. The first-order valence-electron chi connectivity index (χ1n) is 10.1. The number of ether oxygens (including phenoxy) is 1. The van der Waals surface area contributed by atoms with E-state index in [0.717, 1.165) is 6.42 Å². The lowest BCUT2D eigenvalue weighted by molar-refractivity contribution is 0.366. The highest BCUT2D eigenvalue weighted by molar-refractivity contribution is 5.33. The van der Waals surface area contributed by atoms with Crippen LogP contribution in [0.15, 0.2) is 24.3 Å². The van der Waals surface area contributed by atoms with Gasteiger partial charge in [-0.2, -0.15) is 0 Å². The summed E-state index contributed by atoms with van der Waals surface area (Å²) in [5.74, 6) is -3.30. The number of halogens is 4. The summed E-state index contributed by atoms with van der Waals surface area (Å²) in [7, 11) is 0. The van der Waals surface area contributed by atoms with E-state index in [9.17, 15) is 17.6 Å². The molecule has 2 aliphatic rings. The molecular weight excluding hydrogens is 368 g/mol. The van der Waals surface area contributed by atoms with Crippen molar-refractivity contribution in [3.8, 4) is 0 Å². The van der Waals surface area contributed by atoms with Gasteiger partial charge in [-0.1, -0.05) is 37.6 Å². The molecule has 1 heterocycles. The smallest absolute Gasteiger partial charge is 0.165 e. The molecule has 0 radical (unpaired) electrons. The van der Waals surface area contributed by atoms with Crippen LogP contribution in [0.25, 0.3) is 0 Å². The zero-order valence-electron chi connectivity index (χ0n) is 15.9. The van der Waals surface area contributed by atoms with Crippen molar-refractivity contribution >= 4 is 0 Å². The van der Waals surface area contributed by atoms with Crippen LogP contribution in [0.5, 0.6) is 0 Å². The van der Waals surface area contributed by atoms with Crippen molar-refractivity contribution in [3.63, 3.8) is 0 Å². The maximum Gasteiger partial charge on any atom is 0.165 e. The summed E-state index contributed by atoms with van der Waals surface area (Å²) >= 11 is 0. The maximum absolute atomic E-state index is 14.5. The Balaban J connectivity index is 1.48. The predicted octanol–water partition coefficient (Wildman–Crippen LogP) is 6.71. The minimum atomic E-state index is -0.818. The molecule has 1 nitrogen and oxygen atoms in total. The SMILES string of the molecule is CCCc1ccc(C2CCC(c3ccc(C4CO4)c(F)c3F)CC2)c(F)c1F. The van der Waals surface area contributed by atoms with E-state index in [0.29, 0.717) is 55.4 Å². The van der Waals surface area contributed by atoms with Crippen LogP contribution >= 0.6 is 0 Å². The van der Waals surface area contributed by atoms with Crippen molar-refractivity contribution in [2.45, 2.75) is 63.4 Å². The van der Waals surface area contributed by atoms with Crippen LogP contribution in [0.2, 0.25) is 0 Å². The van der Waals surface area contributed by atoms with Crippen molar-refractivity contribution in [3.05, 3.63) is 69.8 Å². The normalized spacial score (nSPS) is 24.4. The summed E-state index contributed by atoms with van der Waals surface area (Å²) in [6, 6.07) is 6.63. The lowest BCUT2D eigenvalue weighted by Gasteiger charge is -2.30. The van der Waals surface area contributed by atoms with Crippen LogP contribution in [0.1, 0.15) is 79.2 Å². The Kier molecular flexibility index (Phi) is 5.46. The van der Waals surface area contributed by atoms with Crippen molar-refractivity contribution < 1.29 is 22.3 Å². The van der Waals surface area contributed by atoms with Gasteiger partial charge in [-0.3, -0.25) is 0 Å². The number of epoxide rings is 1. The van der Waals surface area contributed by atoms with Gasteiger partial charge in [-0.25, -0.2) is 17.6 Å². The van der Waals surface area contributed by atoms with E-state index in [1.807, 2.05) is 6.92 Å². The topological polar surface area (TPSA) is 12.5 Å². The van der Waals surface area contributed by atoms with E-state index < -0.39 is 23.3 Å². The molecule has 0 spiro atoms. The zero-order chi connectivity index (χ0) is 19.8. The van der Waals surface area contributed by atoms with E-state index in [4.69, 9.17) is 4.74 Å². The maximum atomic E-state index is 14.5. The fraction of sp³-hybridized carbons (Fsp3) is 0.478. The van der Waals surface area contributed by atoms with Gasteiger partial charge in [0.05, 0.1) is 6.61 Å². The molecule has 1 unspecified atom stereocenters. The number of aryl methyl sites for hydroxylation is 1. The fourth-order valence-electron chi connectivity index (χ4n) is 4.47. The molecule has 1 atom stereocenters. The molecule has 5 heteroatoms. The molecule has 0 amide bonds. The molecule has 2 aromatic carbocycles. The van der Waals surface area contributed by atoms with Gasteiger partial charge in [0.25, 0.3) is 0 Å². The van der Waals surface area contributed by atoms with E-state index in [1.165, 1.54) is 0 Å². The summed E-state index contributed by atoms with van der Waals surface area (Å²) in [6.07, 6.45) is 3.45. The summed E-state index contributed by atoms with van der Waals surface area (Å²) in [5, 5.41) is 0. The third kappa shape index (κ3) is 3.57.